The molecule has 0 radical (unpaired) electrons. The molecule has 132 valence electrons. The van der Waals surface area contributed by atoms with Crippen LogP contribution in [0, 0.1) is 23.1 Å². The Balaban J connectivity index is 1.66. The Morgan fingerprint density at radius 2 is 1.92 bits per heavy atom. The standard InChI is InChI=1S/C18H27BFNO3/c1-17(2)12-9-14(17)18(3,15(22)10-12)24-19(23)16(21)8-11-4-6-13(20)7-5-11/h4-7,12,14-16,22-23H,8-10,21H2,1-3H3/t12-,14-,15+,16-,18-/m0/s1. The smallest absolute Gasteiger partial charge is 0.426 e. The van der Waals surface area contributed by atoms with Crippen molar-refractivity contribution < 1.29 is 19.2 Å². The van der Waals surface area contributed by atoms with Crippen molar-refractivity contribution in [2.24, 2.45) is 23.0 Å². The van der Waals surface area contributed by atoms with Crippen molar-refractivity contribution in [1.29, 1.82) is 0 Å². The molecule has 3 aliphatic rings. The van der Waals surface area contributed by atoms with Crippen LogP contribution in [0.2, 0.25) is 0 Å². The van der Waals surface area contributed by atoms with Gasteiger partial charge in [0.2, 0.25) is 0 Å². The lowest BCUT2D eigenvalue weighted by atomic mass is 9.43. The second kappa shape index (κ2) is 6.09. The summed E-state index contributed by atoms with van der Waals surface area (Å²) in [6.07, 6.45) is 1.49. The molecule has 24 heavy (non-hydrogen) atoms. The maximum Gasteiger partial charge on any atom is 0.472 e. The average molecular weight is 335 g/mol. The van der Waals surface area contributed by atoms with Crippen molar-refractivity contribution in [1.82, 2.24) is 0 Å². The van der Waals surface area contributed by atoms with Gasteiger partial charge < -0.3 is 20.5 Å². The Labute approximate surface area is 143 Å². The van der Waals surface area contributed by atoms with Gasteiger partial charge in [0.1, 0.15) is 5.82 Å². The van der Waals surface area contributed by atoms with Crippen LogP contribution in [0.15, 0.2) is 24.3 Å². The van der Waals surface area contributed by atoms with Crippen molar-refractivity contribution in [3.63, 3.8) is 0 Å². The SMILES string of the molecule is CC1(C)[C@@H]2C[C@@H](O)[C@@](C)(OB(O)[C@@H](N)Cc3ccc(F)cc3)[C@H]1C2. The van der Waals surface area contributed by atoms with Gasteiger partial charge in [-0.3, -0.25) is 0 Å². The number of benzene rings is 1. The molecule has 0 spiro atoms. The van der Waals surface area contributed by atoms with Gasteiger partial charge in [0.25, 0.3) is 0 Å². The second-order valence-corrected chi connectivity index (χ2v) is 8.24. The highest BCUT2D eigenvalue weighted by Crippen LogP contribution is 2.63. The molecule has 0 aliphatic heterocycles. The third kappa shape index (κ3) is 2.90. The second-order valence-electron chi connectivity index (χ2n) is 8.24. The maximum atomic E-state index is 13.0. The van der Waals surface area contributed by atoms with E-state index in [9.17, 15) is 14.5 Å². The van der Waals surface area contributed by atoms with E-state index < -0.39 is 24.8 Å². The number of hydrogen-bond donors (Lipinski definition) is 3. The van der Waals surface area contributed by atoms with E-state index in [1.54, 1.807) is 12.1 Å². The van der Waals surface area contributed by atoms with Gasteiger partial charge in [-0.25, -0.2) is 4.39 Å². The Morgan fingerprint density at radius 3 is 2.50 bits per heavy atom. The Morgan fingerprint density at radius 1 is 1.29 bits per heavy atom. The van der Waals surface area contributed by atoms with Gasteiger partial charge in [0, 0.05) is 5.94 Å². The molecule has 0 amide bonds. The van der Waals surface area contributed by atoms with Crippen LogP contribution < -0.4 is 5.73 Å². The molecular weight excluding hydrogens is 308 g/mol. The molecule has 6 heteroatoms. The largest absolute Gasteiger partial charge is 0.472 e. The molecule has 1 aromatic carbocycles. The van der Waals surface area contributed by atoms with Crippen LogP contribution in [0.1, 0.15) is 39.2 Å². The van der Waals surface area contributed by atoms with Gasteiger partial charge in [-0.1, -0.05) is 26.0 Å². The van der Waals surface area contributed by atoms with Gasteiger partial charge in [-0.2, -0.15) is 0 Å². The summed E-state index contributed by atoms with van der Waals surface area (Å²) in [6.45, 7) is 6.28. The molecule has 3 saturated carbocycles. The fraction of sp³-hybridized carbons (Fsp3) is 0.667. The van der Waals surface area contributed by atoms with E-state index in [1.807, 2.05) is 6.92 Å². The lowest BCUT2D eigenvalue weighted by molar-refractivity contribution is -0.239. The molecule has 0 unspecified atom stereocenters. The lowest BCUT2D eigenvalue weighted by Crippen LogP contribution is -2.69. The van der Waals surface area contributed by atoms with E-state index in [-0.39, 0.29) is 17.2 Å². The minimum atomic E-state index is -1.18. The quantitative estimate of drug-likeness (QED) is 0.719. The van der Waals surface area contributed by atoms with Crippen molar-refractivity contribution in [2.75, 3.05) is 0 Å². The zero-order valence-electron chi connectivity index (χ0n) is 14.6. The number of rotatable bonds is 5. The topological polar surface area (TPSA) is 75.7 Å². The average Bonchev–Trinajstić information content (AvgIpc) is 2.51. The molecule has 0 aromatic heterocycles. The minimum Gasteiger partial charge on any atom is -0.426 e. The van der Waals surface area contributed by atoms with E-state index in [0.29, 0.717) is 18.8 Å². The summed E-state index contributed by atoms with van der Waals surface area (Å²) in [5.74, 6) is -0.227. The van der Waals surface area contributed by atoms with Crippen molar-refractivity contribution in [2.45, 2.75) is 57.7 Å². The Hall–Kier alpha value is -0.945. The number of halogens is 1. The molecule has 4 nitrogen and oxygen atoms in total. The summed E-state index contributed by atoms with van der Waals surface area (Å²) in [5, 5.41) is 20.9. The first-order valence-corrected chi connectivity index (χ1v) is 8.68. The molecule has 4 N–H and O–H groups in total. The molecule has 3 fully saturated rings. The third-order valence-corrected chi connectivity index (χ3v) is 6.46. The molecule has 3 aliphatic carbocycles. The number of hydrogen-bond acceptors (Lipinski definition) is 4. The highest BCUT2D eigenvalue weighted by atomic mass is 19.1. The van der Waals surface area contributed by atoms with E-state index >= 15 is 0 Å². The van der Waals surface area contributed by atoms with Crippen molar-refractivity contribution in [3.05, 3.63) is 35.6 Å². The summed E-state index contributed by atoms with van der Waals surface area (Å²) in [4.78, 5) is 0. The fourth-order valence-corrected chi connectivity index (χ4v) is 4.63. The van der Waals surface area contributed by atoms with Crippen molar-refractivity contribution >= 4 is 7.12 Å². The van der Waals surface area contributed by atoms with Crippen LogP contribution >= 0.6 is 0 Å². The fourth-order valence-electron chi connectivity index (χ4n) is 4.63. The molecule has 4 rings (SSSR count). The first-order chi connectivity index (χ1) is 11.1. The number of nitrogens with two attached hydrogens (primary N) is 1. The maximum absolute atomic E-state index is 13.0. The summed E-state index contributed by atoms with van der Waals surface area (Å²) in [6, 6.07) is 6.05. The highest BCUT2D eigenvalue weighted by molar-refractivity contribution is 6.45. The van der Waals surface area contributed by atoms with Gasteiger partial charge in [-0.05, 0) is 61.1 Å². The molecule has 0 saturated heterocycles. The van der Waals surface area contributed by atoms with Gasteiger partial charge in [0.15, 0.2) is 0 Å². The monoisotopic (exact) mass is 335 g/mol. The van der Waals surface area contributed by atoms with Crippen molar-refractivity contribution in [3.8, 4) is 0 Å². The molecule has 0 heterocycles. The first-order valence-electron chi connectivity index (χ1n) is 8.68. The lowest BCUT2D eigenvalue weighted by Gasteiger charge is -2.66. The Kier molecular flexibility index (Phi) is 4.54. The highest BCUT2D eigenvalue weighted by Gasteiger charge is 2.64. The van der Waals surface area contributed by atoms with Crippen LogP contribution in [0.25, 0.3) is 0 Å². The number of aliphatic hydroxyl groups is 1. The predicted molar refractivity (Wildman–Crippen MR) is 91.5 cm³/mol. The zero-order valence-corrected chi connectivity index (χ0v) is 14.6. The van der Waals surface area contributed by atoms with Crippen LogP contribution in [-0.2, 0) is 11.1 Å². The Bertz CT molecular complexity index is 596. The van der Waals surface area contributed by atoms with Gasteiger partial charge in [0.05, 0.1) is 11.7 Å². The number of fused-ring (bicyclic) bond motifs is 2. The predicted octanol–water partition coefficient (Wildman–Crippen LogP) is 1.92. The summed E-state index contributed by atoms with van der Waals surface area (Å²) in [5.41, 5.74) is 6.23. The van der Waals surface area contributed by atoms with E-state index in [0.717, 1.165) is 12.0 Å². The van der Waals surface area contributed by atoms with Gasteiger partial charge >= 0.3 is 7.12 Å². The summed E-state index contributed by atoms with van der Waals surface area (Å²) < 4.78 is 18.9. The minimum absolute atomic E-state index is 0.106. The van der Waals surface area contributed by atoms with Crippen LogP contribution in [0.3, 0.4) is 0 Å². The van der Waals surface area contributed by atoms with E-state index in [4.69, 9.17) is 10.4 Å². The molecule has 1 aromatic rings. The summed E-state index contributed by atoms with van der Waals surface area (Å²) >= 11 is 0. The van der Waals surface area contributed by atoms with Crippen LogP contribution in [0.5, 0.6) is 0 Å². The van der Waals surface area contributed by atoms with Crippen LogP contribution in [-0.4, -0.2) is 34.9 Å². The third-order valence-electron chi connectivity index (χ3n) is 6.46. The zero-order chi connectivity index (χ0) is 17.7. The molecule has 5 atom stereocenters. The van der Waals surface area contributed by atoms with E-state index in [1.165, 1.54) is 12.1 Å². The molecule has 2 bridgehead atoms. The summed E-state index contributed by atoms with van der Waals surface area (Å²) in [7, 11) is -1.18. The van der Waals surface area contributed by atoms with E-state index in [2.05, 4.69) is 13.8 Å². The number of aliphatic hydroxyl groups excluding tert-OH is 1. The van der Waals surface area contributed by atoms with Crippen LogP contribution in [0.4, 0.5) is 4.39 Å². The normalized spacial score (nSPS) is 35.2. The van der Waals surface area contributed by atoms with Gasteiger partial charge in [-0.15, -0.1) is 0 Å². The molecular formula is C18H27BFNO3. The first kappa shape index (κ1) is 17.9.